The van der Waals surface area contributed by atoms with Crippen LogP contribution >= 0.6 is 11.6 Å². The normalized spacial score (nSPS) is 19.4. The summed E-state index contributed by atoms with van der Waals surface area (Å²) in [5.74, 6) is -0.792. The molecule has 1 aromatic heterocycles. The van der Waals surface area contributed by atoms with Crippen molar-refractivity contribution in [2.24, 2.45) is 5.92 Å². The number of rotatable bonds is 7. The Morgan fingerprint density at radius 2 is 1.74 bits per heavy atom. The second-order valence-corrected chi connectivity index (χ2v) is 12.3. The molecule has 39 heavy (non-hydrogen) atoms. The summed E-state index contributed by atoms with van der Waals surface area (Å²) >= 11 is 6.06. The van der Waals surface area contributed by atoms with E-state index in [-0.39, 0.29) is 30.5 Å². The number of pyridine rings is 1. The number of piperidine rings is 1. The molecule has 2 aliphatic rings. The van der Waals surface area contributed by atoms with Crippen molar-refractivity contribution in [3.8, 4) is 0 Å². The van der Waals surface area contributed by atoms with Crippen LogP contribution in [0.25, 0.3) is 10.8 Å². The first-order chi connectivity index (χ1) is 18.8. The summed E-state index contributed by atoms with van der Waals surface area (Å²) in [4.78, 5) is 34.3. The maximum Gasteiger partial charge on any atom is 0.330 e. The number of aromatic nitrogens is 1. The van der Waals surface area contributed by atoms with E-state index in [2.05, 4.69) is 9.88 Å². The largest absolute Gasteiger partial charge is 0.464 e. The molecule has 2 aromatic carbocycles. The minimum atomic E-state index is -4.04. The number of amides is 1. The Labute approximate surface area is 233 Å². The van der Waals surface area contributed by atoms with Crippen molar-refractivity contribution in [1.29, 1.82) is 0 Å². The third-order valence-electron chi connectivity index (χ3n) is 7.45. The number of sulfonamides is 1. The fourth-order valence-electron chi connectivity index (χ4n) is 5.33. The van der Waals surface area contributed by atoms with Gasteiger partial charge in [-0.3, -0.25) is 9.78 Å². The van der Waals surface area contributed by atoms with E-state index in [0.29, 0.717) is 17.0 Å². The van der Waals surface area contributed by atoms with E-state index >= 15 is 0 Å². The third kappa shape index (κ3) is 5.88. The third-order valence-corrected chi connectivity index (χ3v) is 9.50. The lowest BCUT2D eigenvalue weighted by atomic mass is 9.94. The number of halogens is 1. The van der Waals surface area contributed by atoms with Crippen LogP contribution in [-0.4, -0.2) is 79.9 Å². The average Bonchev–Trinajstić information content (AvgIpc) is 2.94. The predicted octanol–water partition coefficient (Wildman–Crippen LogP) is 3.57. The summed E-state index contributed by atoms with van der Waals surface area (Å²) in [5, 5.41) is 2.08. The maximum atomic E-state index is 13.6. The molecule has 0 aliphatic carbocycles. The molecular weight excluding hydrogens is 540 g/mol. The van der Waals surface area contributed by atoms with Gasteiger partial charge in [-0.2, -0.15) is 4.31 Å². The SMILES string of the molecule is CCOC(=O)[C@@H]1CN(S(=O)(=O)c2ccc3cc(Cl)ccc3c2)CC(=O)N1CC1CCN(c2ccncc2)CC1. The fourth-order valence-corrected chi connectivity index (χ4v) is 6.95. The lowest BCUT2D eigenvalue weighted by Gasteiger charge is -2.42. The van der Waals surface area contributed by atoms with Crippen LogP contribution in [0.2, 0.25) is 5.02 Å². The number of carbonyl (C=O) groups is 2. The number of nitrogens with zero attached hydrogens (tertiary/aromatic N) is 4. The molecule has 0 N–H and O–H groups in total. The van der Waals surface area contributed by atoms with Gasteiger partial charge in [0.25, 0.3) is 0 Å². The highest BCUT2D eigenvalue weighted by Crippen LogP contribution is 2.29. The predicted molar refractivity (Wildman–Crippen MR) is 149 cm³/mol. The van der Waals surface area contributed by atoms with E-state index < -0.39 is 27.9 Å². The molecule has 0 spiro atoms. The van der Waals surface area contributed by atoms with Gasteiger partial charge >= 0.3 is 5.97 Å². The van der Waals surface area contributed by atoms with E-state index in [0.717, 1.165) is 41.3 Å². The summed E-state index contributed by atoms with van der Waals surface area (Å²) in [7, 11) is -4.04. The first kappa shape index (κ1) is 27.4. The molecule has 0 bridgehead atoms. The number of hydrogen-bond donors (Lipinski definition) is 0. The lowest BCUT2D eigenvalue weighted by Crippen LogP contribution is -2.61. The molecular formula is C28H31ClN4O5S. The molecule has 206 valence electrons. The molecule has 2 aliphatic heterocycles. The molecule has 1 amide bonds. The summed E-state index contributed by atoms with van der Waals surface area (Å²) in [6.45, 7) is 3.40. The number of hydrogen-bond acceptors (Lipinski definition) is 7. The lowest BCUT2D eigenvalue weighted by molar-refractivity contribution is -0.158. The Hall–Kier alpha value is -3.21. The van der Waals surface area contributed by atoms with Gasteiger partial charge in [0.1, 0.15) is 6.04 Å². The van der Waals surface area contributed by atoms with Crippen molar-refractivity contribution < 1.29 is 22.7 Å². The van der Waals surface area contributed by atoms with Gasteiger partial charge in [-0.05, 0) is 72.9 Å². The number of piperazine rings is 1. The van der Waals surface area contributed by atoms with E-state index in [1.807, 2.05) is 12.1 Å². The summed E-state index contributed by atoms with van der Waals surface area (Å²) in [5.41, 5.74) is 1.11. The van der Waals surface area contributed by atoms with Crippen molar-refractivity contribution >= 4 is 50.0 Å². The quantitative estimate of drug-likeness (QED) is 0.400. The minimum Gasteiger partial charge on any atom is -0.464 e. The van der Waals surface area contributed by atoms with Crippen LogP contribution in [0.4, 0.5) is 5.69 Å². The van der Waals surface area contributed by atoms with Crippen molar-refractivity contribution in [2.45, 2.75) is 30.7 Å². The van der Waals surface area contributed by atoms with E-state index in [4.69, 9.17) is 16.3 Å². The van der Waals surface area contributed by atoms with E-state index in [9.17, 15) is 18.0 Å². The smallest absolute Gasteiger partial charge is 0.330 e. The zero-order valence-corrected chi connectivity index (χ0v) is 23.3. The first-order valence-corrected chi connectivity index (χ1v) is 14.9. The van der Waals surface area contributed by atoms with Crippen molar-refractivity contribution in [3.63, 3.8) is 0 Å². The van der Waals surface area contributed by atoms with Crippen molar-refractivity contribution in [1.82, 2.24) is 14.2 Å². The molecule has 2 fully saturated rings. The van der Waals surface area contributed by atoms with Gasteiger partial charge in [-0.15, -0.1) is 0 Å². The maximum absolute atomic E-state index is 13.6. The van der Waals surface area contributed by atoms with Crippen LogP contribution in [0.1, 0.15) is 19.8 Å². The van der Waals surface area contributed by atoms with E-state index in [1.54, 1.807) is 49.6 Å². The van der Waals surface area contributed by atoms with Crippen LogP contribution in [0.15, 0.2) is 65.8 Å². The molecule has 1 atom stereocenters. The fraction of sp³-hybridized carbons (Fsp3) is 0.393. The summed E-state index contributed by atoms with van der Waals surface area (Å²) in [6, 6.07) is 12.9. The van der Waals surface area contributed by atoms with Crippen LogP contribution in [0.3, 0.4) is 0 Å². The zero-order chi connectivity index (χ0) is 27.6. The average molecular weight is 571 g/mol. The Morgan fingerprint density at radius 3 is 2.46 bits per heavy atom. The van der Waals surface area contributed by atoms with Gasteiger partial charge in [0.15, 0.2) is 0 Å². The number of benzene rings is 2. The molecule has 3 aromatic rings. The van der Waals surface area contributed by atoms with E-state index in [1.165, 1.54) is 11.0 Å². The summed E-state index contributed by atoms with van der Waals surface area (Å²) in [6.07, 6.45) is 5.24. The standard InChI is InChI=1S/C28H31ClN4O5S/c1-2-38-28(35)26-18-32(39(36,37)25-6-4-21-15-23(29)5-3-22(21)16-25)19-27(34)33(26)17-20-9-13-31(14-10-20)24-7-11-30-12-8-24/h3-8,11-12,15-16,20,26H,2,9-10,13-14,17-19H2,1H3/t26-/m0/s1. The molecule has 5 rings (SSSR count). The van der Waals surface area contributed by atoms with Gasteiger partial charge in [0.05, 0.1) is 18.0 Å². The number of anilines is 1. The highest BCUT2D eigenvalue weighted by molar-refractivity contribution is 7.89. The summed E-state index contributed by atoms with van der Waals surface area (Å²) < 4.78 is 33.6. The van der Waals surface area contributed by atoms with Crippen LogP contribution in [-0.2, 0) is 24.3 Å². The molecule has 9 nitrogen and oxygen atoms in total. The Morgan fingerprint density at radius 1 is 1.05 bits per heavy atom. The number of fused-ring (bicyclic) bond motifs is 1. The van der Waals surface area contributed by atoms with Gasteiger partial charge < -0.3 is 14.5 Å². The number of ether oxygens (including phenoxy) is 1. The second kappa shape index (κ2) is 11.5. The van der Waals surface area contributed by atoms with Gasteiger partial charge in [-0.1, -0.05) is 23.7 Å². The highest BCUT2D eigenvalue weighted by atomic mass is 35.5. The van der Waals surface area contributed by atoms with Crippen molar-refractivity contribution in [2.75, 3.05) is 44.2 Å². The minimum absolute atomic E-state index is 0.0599. The Bertz CT molecular complexity index is 1460. The topological polar surface area (TPSA) is 100 Å². The second-order valence-electron chi connectivity index (χ2n) is 9.90. The first-order valence-electron chi connectivity index (χ1n) is 13.1. The van der Waals surface area contributed by atoms with Crippen molar-refractivity contribution in [3.05, 3.63) is 65.9 Å². The number of carbonyl (C=O) groups excluding carboxylic acids is 2. The number of esters is 1. The monoisotopic (exact) mass is 570 g/mol. The highest BCUT2D eigenvalue weighted by Gasteiger charge is 2.43. The zero-order valence-electron chi connectivity index (χ0n) is 21.7. The van der Waals surface area contributed by atoms with Crippen LogP contribution < -0.4 is 4.90 Å². The van der Waals surface area contributed by atoms with Gasteiger partial charge in [0.2, 0.25) is 15.9 Å². The van der Waals surface area contributed by atoms with Gasteiger partial charge in [0, 0.05) is 49.3 Å². The Kier molecular flexibility index (Phi) is 8.06. The molecule has 0 unspecified atom stereocenters. The molecule has 0 radical (unpaired) electrons. The molecule has 2 saturated heterocycles. The molecule has 0 saturated carbocycles. The Balaban J connectivity index is 1.32. The van der Waals surface area contributed by atoms with Crippen LogP contribution in [0, 0.1) is 5.92 Å². The molecule has 11 heteroatoms. The van der Waals surface area contributed by atoms with Gasteiger partial charge in [-0.25, -0.2) is 13.2 Å². The van der Waals surface area contributed by atoms with Crippen LogP contribution in [0.5, 0.6) is 0 Å². The molecule has 3 heterocycles.